The van der Waals surface area contributed by atoms with Crippen molar-refractivity contribution in [2.75, 3.05) is 0 Å². The number of nitrogens with zero attached hydrogens (tertiary/aromatic N) is 2. The van der Waals surface area contributed by atoms with E-state index in [2.05, 4.69) is 36.3 Å². The van der Waals surface area contributed by atoms with Crippen molar-refractivity contribution in [1.29, 1.82) is 0 Å². The van der Waals surface area contributed by atoms with E-state index in [-0.39, 0.29) is 0 Å². The molecule has 0 aliphatic carbocycles. The Balaban J connectivity index is 1.88. The maximum absolute atomic E-state index is 5.82. The fourth-order valence-electron chi connectivity index (χ4n) is 1.92. The lowest BCUT2D eigenvalue weighted by molar-refractivity contribution is 0.565. The van der Waals surface area contributed by atoms with Gasteiger partial charge in [0.1, 0.15) is 0 Å². The van der Waals surface area contributed by atoms with Crippen molar-refractivity contribution >= 4 is 11.6 Å². The van der Waals surface area contributed by atoms with Crippen LogP contribution >= 0.6 is 11.6 Å². The zero-order valence-corrected chi connectivity index (χ0v) is 10.8. The van der Waals surface area contributed by atoms with Crippen LogP contribution in [-0.2, 0) is 18.8 Å². The summed E-state index contributed by atoms with van der Waals surface area (Å²) in [6.45, 7) is 3.03. The van der Waals surface area contributed by atoms with E-state index in [9.17, 15) is 0 Å². The second-order valence-corrected chi connectivity index (χ2v) is 4.47. The maximum Gasteiger partial charge on any atom is 0.0536 e. The summed E-state index contributed by atoms with van der Waals surface area (Å²) in [5.74, 6) is 0.546. The number of alkyl halides is 1. The van der Waals surface area contributed by atoms with Crippen molar-refractivity contribution in [1.82, 2.24) is 9.78 Å². The lowest BCUT2D eigenvalue weighted by Crippen LogP contribution is -2.03. The zero-order valence-electron chi connectivity index (χ0n) is 10.1. The van der Waals surface area contributed by atoms with Gasteiger partial charge in [0, 0.05) is 17.8 Å². The molecule has 0 unspecified atom stereocenters. The fourth-order valence-corrected chi connectivity index (χ4v) is 2.18. The highest BCUT2D eigenvalue weighted by Crippen LogP contribution is 2.11. The molecule has 1 aromatic heterocycles. The lowest BCUT2D eigenvalue weighted by Gasteiger charge is -2.05. The first kappa shape index (κ1) is 12.2. The van der Waals surface area contributed by atoms with Gasteiger partial charge in [-0.2, -0.15) is 5.10 Å². The smallest absolute Gasteiger partial charge is 0.0536 e. The summed E-state index contributed by atoms with van der Waals surface area (Å²) < 4.78 is 2.04. The van der Waals surface area contributed by atoms with Crippen LogP contribution in [-0.4, -0.2) is 9.78 Å². The Morgan fingerprint density at radius 3 is 2.65 bits per heavy atom. The Morgan fingerprint density at radius 1 is 1.24 bits per heavy atom. The Bertz CT molecular complexity index is 462. The van der Waals surface area contributed by atoms with Gasteiger partial charge in [-0.15, -0.1) is 11.6 Å². The number of rotatable bonds is 5. The van der Waals surface area contributed by atoms with Gasteiger partial charge < -0.3 is 0 Å². The highest BCUT2D eigenvalue weighted by molar-refractivity contribution is 6.17. The van der Waals surface area contributed by atoms with Crippen molar-refractivity contribution in [3.05, 3.63) is 53.3 Å². The molecule has 90 valence electrons. The SMILES string of the molecule is Cc1c(CCl)cnn1CCCc1ccccc1. The number of aryl methyl sites for hydroxylation is 2. The highest BCUT2D eigenvalue weighted by atomic mass is 35.5. The molecule has 1 heterocycles. The van der Waals surface area contributed by atoms with Crippen LogP contribution in [0.3, 0.4) is 0 Å². The molecule has 2 rings (SSSR count). The first-order chi connectivity index (χ1) is 8.31. The second kappa shape index (κ2) is 5.87. The normalized spacial score (nSPS) is 10.7. The van der Waals surface area contributed by atoms with Crippen molar-refractivity contribution in [3.8, 4) is 0 Å². The van der Waals surface area contributed by atoms with Gasteiger partial charge in [-0.25, -0.2) is 0 Å². The molecule has 0 saturated heterocycles. The van der Waals surface area contributed by atoms with E-state index in [1.54, 1.807) is 0 Å². The Kier molecular flexibility index (Phi) is 4.21. The molecular weight excluding hydrogens is 232 g/mol. The molecule has 2 aromatic rings. The molecule has 0 saturated carbocycles. The summed E-state index contributed by atoms with van der Waals surface area (Å²) in [6, 6.07) is 10.5. The van der Waals surface area contributed by atoms with E-state index < -0.39 is 0 Å². The molecule has 0 radical (unpaired) electrons. The summed E-state index contributed by atoms with van der Waals surface area (Å²) in [5.41, 5.74) is 3.70. The Morgan fingerprint density at radius 2 is 2.00 bits per heavy atom. The van der Waals surface area contributed by atoms with E-state index in [0.717, 1.165) is 24.9 Å². The minimum Gasteiger partial charge on any atom is -0.270 e. The monoisotopic (exact) mass is 248 g/mol. The molecular formula is C14H17ClN2. The molecule has 0 aliphatic heterocycles. The Labute approximate surface area is 107 Å². The van der Waals surface area contributed by atoms with Gasteiger partial charge in [0.05, 0.1) is 12.1 Å². The Hall–Kier alpha value is -1.28. The van der Waals surface area contributed by atoms with Crippen LogP contribution < -0.4 is 0 Å². The molecule has 0 atom stereocenters. The first-order valence-corrected chi connectivity index (χ1v) is 6.46. The third-order valence-corrected chi connectivity index (χ3v) is 3.31. The van der Waals surface area contributed by atoms with E-state index in [0.29, 0.717) is 5.88 Å². The first-order valence-electron chi connectivity index (χ1n) is 5.92. The van der Waals surface area contributed by atoms with Crippen LogP contribution in [0.1, 0.15) is 23.2 Å². The predicted octanol–water partition coefficient (Wildman–Crippen LogP) is 3.56. The van der Waals surface area contributed by atoms with Crippen LogP contribution in [0.2, 0.25) is 0 Å². The summed E-state index contributed by atoms with van der Waals surface area (Å²) in [5, 5.41) is 4.35. The topological polar surface area (TPSA) is 17.8 Å². The van der Waals surface area contributed by atoms with Crippen LogP contribution in [0.15, 0.2) is 36.5 Å². The summed E-state index contributed by atoms with van der Waals surface area (Å²) >= 11 is 5.82. The molecule has 3 heteroatoms. The van der Waals surface area contributed by atoms with Gasteiger partial charge >= 0.3 is 0 Å². The average Bonchev–Trinajstić information content (AvgIpc) is 2.72. The van der Waals surface area contributed by atoms with Crippen molar-refractivity contribution < 1.29 is 0 Å². The van der Waals surface area contributed by atoms with E-state index in [1.165, 1.54) is 11.3 Å². The molecule has 2 nitrogen and oxygen atoms in total. The predicted molar refractivity (Wildman–Crippen MR) is 71.3 cm³/mol. The summed E-state index contributed by atoms with van der Waals surface area (Å²) in [4.78, 5) is 0. The number of hydrogen-bond donors (Lipinski definition) is 0. The maximum atomic E-state index is 5.82. The third kappa shape index (κ3) is 3.10. The van der Waals surface area contributed by atoms with Crippen LogP contribution in [0.25, 0.3) is 0 Å². The van der Waals surface area contributed by atoms with Crippen molar-refractivity contribution in [2.24, 2.45) is 0 Å². The number of halogens is 1. The van der Waals surface area contributed by atoms with E-state index in [4.69, 9.17) is 11.6 Å². The van der Waals surface area contributed by atoms with Gasteiger partial charge in [0.15, 0.2) is 0 Å². The summed E-state index contributed by atoms with van der Waals surface area (Å²) in [6.07, 6.45) is 4.06. The zero-order chi connectivity index (χ0) is 12.1. The molecule has 0 fully saturated rings. The third-order valence-electron chi connectivity index (χ3n) is 3.03. The number of benzene rings is 1. The average molecular weight is 249 g/mol. The van der Waals surface area contributed by atoms with Gasteiger partial charge in [0.25, 0.3) is 0 Å². The standard InChI is InChI=1S/C14H17ClN2/c1-12-14(10-15)11-16-17(12)9-5-8-13-6-3-2-4-7-13/h2-4,6-7,11H,5,8-10H2,1H3. The largest absolute Gasteiger partial charge is 0.270 e. The van der Waals surface area contributed by atoms with Crippen LogP contribution in [0.4, 0.5) is 0 Å². The van der Waals surface area contributed by atoms with Crippen molar-refractivity contribution in [3.63, 3.8) is 0 Å². The lowest BCUT2D eigenvalue weighted by atomic mass is 10.1. The minimum absolute atomic E-state index is 0.546. The van der Waals surface area contributed by atoms with Gasteiger partial charge in [0.2, 0.25) is 0 Å². The molecule has 17 heavy (non-hydrogen) atoms. The molecule has 0 N–H and O–H groups in total. The van der Waals surface area contributed by atoms with Crippen LogP contribution in [0, 0.1) is 6.92 Å². The quantitative estimate of drug-likeness (QED) is 0.740. The van der Waals surface area contributed by atoms with E-state index >= 15 is 0 Å². The van der Waals surface area contributed by atoms with Crippen LogP contribution in [0.5, 0.6) is 0 Å². The summed E-state index contributed by atoms with van der Waals surface area (Å²) in [7, 11) is 0. The van der Waals surface area contributed by atoms with Gasteiger partial charge in [-0.05, 0) is 25.3 Å². The van der Waals surface area contributed by atoms with E-state index in [1.807, 2.05) is 16.9 Å². The molecule has 0 spiro atoms. The highest BCUT2D eigenvalue weighted by Gasteiger charge is 2.04. The molecule has 0 amide bonds. The molecule has 0 bridgehead atoms. The second-order valence-electron chi connectivity index (χ2n) is 4.20. The van der Waals surface area contributed by atoms with Gasteiger partial charge in [-0.1, -0.05) is 30.3 Å². The van der Waals surface area contributed by atoms with Gasteiger partial charge in [-0.3, -0.25) is 4.68 Å². The number of aromatic nitrogens is 2. The minimum atomic E-state index is 0.546. The molecule has 1 aromatic carbocycles. The number of hydrogen-bond acceptors (Lipinski definition) is 1. The fraction of sp³-hybridized carbons (Fsp3) is 0.357. The van der Waals surface area contributed by atoms with Crippen molar-refractivity contribution in [2.45, 2.75) is 32.2 Å². The molecule has 0 aliphatic rings.